The molecule has 1 aliphatic rings. The largest absolute Gasteiger partial charge is 0.383 e. The summed E-state index contributed by atoms with van der Waals surface area (Å²) in [5.74, 6) is -0.221. The first kappa shape index (κ1) is 12.8. The van der Waals surface area contributed by atoms with E-state index in [1.54, 1.807) is 4.90 Å². The minimum absolute atomic E-state index is 0.0897. The van der Waals surface area contributed by atoms with Crippen molar-refractivity contribution in [2.45, 2.75) is 32.7 Å². The van der Waals surface area contributed by atoms with Crippen LogP contribution >= 0.6 is 0 Å². The van der Waals surface area contributed by atoms with E-state index in [0.29, 0.717) is 12.5 Å². The van der Waals surface area contributed by atoms with Gasteiger partial charge in [-0.1, -0.05) is 6.92 Å². The van der Waals surface area contributed by atoms with Crippen LogP contribution in [0.1, 0.15) is 37.0 Å². The Morgan fingerprint density at radius 1 is 1.56 bits per heavy atom. The van der Waals surface area contributed by atoms with E-state index in [9.17, 15) is 9.18 Å². The first-order chi connectivity index (χ1) is 8.50. The maximum absolute atomic E-state index is 13.2. The summed E-state index contributed by atoms with van der Waals surface area (Å²) in [5.41, 5.74) is 5.81. The van der Waals surface area contributed by atoms with Crippen LogP contribution in [-0.2, 0) is 0 Å². The number of aromatic nitrogens is 1. The van der Waals surface area contributed by atoms with Gasteiger partial charge >= 0.3 is 0 Å². The molecule has 2 N–H and O–H groups in total. The van der Waals surface area contributed by atoms with Gasteiger partial charge in [0.05, 0.1) is 11.8 Å². The predicted molar refractivity (Wildman–Crippen MR) is 67.5 cm³/mol. The molecule has 1 fully saturated rings. The summed E-state index contributed by atoms with van der Waals surface area (Å²) >= 11 is 0. The van der Waals surface area contributed by atoms with Crippen molar-refractivity contribution in [3.8, 4) is 0 Å². The lowest BCUT2D eigenvalue weighted by molar-refractivity contribution is 0.0551. The van der Waals surface area contributed by atoms with Gasteiger partial charge in [0.1, 0.15) is 11.6 Å². The van der Waals surface area contributed by atoms with Crippen molar-refractivity contribution in [3.05, 3.63) is 23.6 Å². The number of piperidine rings is 1. The van der Waals surface area contributed by atoms with Crippen LogP contribution in [0.15, 0.2) is 12.3 Å². The van der Waals surface area contributed by atoms with Crippen molar-refractivity contribution >= 4 is 11.7 Å². The number of halogens is 1. The maximum atomic E-state index is 13.2. The lowest BCUT2D eigenvalue weighted by Gasteiger charge is -2.38. The number of nitrogens with two attached hydrogens (primary N) is 1. The Hall–Kier alpha value is -1.65. The van der Waals surface area contributed by atoms with Crippen molar-refractivity contribution < 1.29 is 9.18 Å². The molecule has 5 heteroatoms. The van der Waals surface area contributed by atoms with Gasteiger partial charge < -0.3 is 10.6 Å². The molecule has 1 amide bonds. The van der Waals surface area contributed by atoms with E-state index < -0.39 is 5.82 Å². The van der Waals surface area contributed by atoms with Gasteiger partial charge in [0.2, 0.25) is 0 Å². The SMILES string of the molecule is CC1CCCN(C(=O)c2cc(F)cnc2N)C1C. The zero-order chi connectivity index (χ0) is 13.3. The van der Waals surface area contributed by atoms with Crippen LogP contribution < -0.4 is 5.73 Å². The number of carbonyl (C=O) groups excluding carboxylic acids is 1. The highest BCUT2D eigenvalue weighted by Crippen LogP contribution is 2.25. The highest BCUT2D eigenvalue weighted by Gasteiger charge is 2.30. The molecule has 4 nitrogen and oxygen atoms in total. The van der Waals surface area contributed by atoms with Crippen molar-refractivity contribution in [2.24, 2.45) is 5.92 Å². The van der Waals surface area contributed by atoms with Gasteiger partial charge in [0, 0.05) is 12.6 Å². The molecule has 0 spiro atoms. The smallest absolute Gasteiger partial charge is 0.257 e. The fourth-order valence-corrected chi connectivity index (χ4v) is 2.40. The zero-order valence-electron chi connectivity index (χ0n) is 10.7. The van der Waals surface area contributed by atoms with Gasteiger partial charge in [-0.2, -0.15) is 0 Å². The van der Waals surface area contributed by atoms with Crippen LogP contribution in [0.2, 0.25) is 0 Å². The number of hydrogen-bond acceptors (Lipinski definition) is 3. The normalized spacial score (nSPS) is 24.1. The van der Waals surface area contributed by atoms with E-state index in [4.69, 9.17) is 5.73 Å². The second kappa shape index (κ2) is 4.92. The number of nitrogens with zero attached hydrogens (tertiary/aromatic N) is 2. The minimum atomic E-state index is -0.537. The molecule has 1 aromatic heterocycles. The molecular formula is C13H18FN3O. The van der Waals surface area contributed by atoms with Gasteiger partial charge in [-0.15, -0.1) is 0 Å². The Morgan fingerprint density at radius 3 is 3.00 bits per heavy atom. The van der Waals surface area contributed by atoms with Crippen LogP contribution in [0.5, 0.6) is 0 Å². The average Bonchev–Trinajstić information content (AvgIpc) is 2.35. The second-order valence-electron chi connectivity index (χ2n) is 4.94. The van der Waals surface area contributed by atoms with E-state index in [0.717, 1.165) is 25.1 Å². The Bertz CT molecular complexity index is 464. The Kier molecular flexibility index (Phi) is 3.50. The number of rotatable bonds is 1. The molecule has 98 valence electrons. The molecule has 18 heavy (non-hydrogen) atoms. The first-order valence-electron chi connectivity index (χ1n) is 6.22. The number of amides is 1. The molecule has 0 aliphatic carbocycles. The number of anilines is 1. The molecule has 0 aromatic carbocycles. The van der Waals surface area contributed by atoms with Gasteiger partial charge in [0.25, 0.3) is 5.91 Å². The first-order valence-corrected chi connectivity index (χ1v) is 6.22. The number of hydrogen-bond donors (Lipinski definition) is 1. The lowest BCUT2D eigenvalue weighted by atomic mass is 9.91. The molecule has 2 unspecified atom stereocenters. The van der Waals surface area contributed by atoms with Crippen molar-refractivity contribution in [3.63, 3.8) is 0 Å². The second-order valence-corrected chi connectivity index (χ2v) is 4.94. The summed E-state index contributed by atoms with van der Waals surface area (Å²) in [5, 5.41) is 0. The van der Waals surface area contributed by atoms with Crippen molar-refractivity contribution in [1.82, 2.24) is 9.88 Å². The van der Waals surface area contributed by atoms with E-state index >= 15 is 0 Å². The number of pyridine rings is 1. The zero-order valence-corrected chi connectivity index (χ0v) is 10.7. The fourth-order valence-electron chi connectivity index (χ4n) is 2.40. The molecule has 0 bridgehead atoms. The third-order valence-electron chi connectivity index (χ3n) is 3.75. The van der Waals surface area contributed by atoms with Gasteiger partial charge in [0.15, 0.2) is 0 Å². The lowest BCUT2D eigenvalue weighted by Crippen LogP contribution is -2.46. The molecular weight excluding hydrogens is 233 g/mol. The number of likely N-dealkylation sites (tertiary alicyclic amines) is 1. The summed E-state index contributed by atoms with van der Waals surface area (Å²) in [6.07, 6.45) is 3.11. The average molecular weight is 251 g/mol. The van der Waals surface area contributed by atoms with E-state index in [-0.39, 0.29) is 23.3 Å². The monoisotopic (exact) mass is 251 g/mol. The topological polar surface area (TPSA) is 59.2 Å². The van der Waals surface area contributed by atoms with E-state index in [1.165, 1.54) is 0 Å². The molecule has 2 heterocycles. The molecule has 1 aliphatic heterocycles. The number of carbonyl (C=O) groups is 1. The summed E-state index contributed by atoms with van der Waals surface area (Å²) < 4.78 is 13.2. The van der Waals surface area contributed by atoms with Crippen molar-refractivity contribution in [2.75, 3.05) is 12.3 Å². The Morgan fingerprint density at radius 2 is 2.28 bits per heavy atom. The Balaban J connectivity index is 2.27. The molecule has 2 rings (SSSR count). The standard InChI is InChI=1S/C13H18FN3O/c1-8-4-3-5-17(9(8)2)13(18)11-6-10(14)7-16-12(11)15/h6-9H,3-5H2,1-2H3,(H2,15,16). The summed E-state index contributed by atoms with van der Waals surface area (Å²) in [4.78, 5) is 17.8. The van der Waals surface area contributed by atoms with E-state index in [1.807, 2.05) is 6.92 Å². The Labute approximate surface area is 106 Å². The maximum Gasteiger partial charge on any atom is 0.257 e. The number of nitrogen functional groups attached to an aromatic ring is 1. The molecule has 2 atom stereocenters. The molecule has 1 aromatic rings. The van der Waals surface area contributed by atoms with Crippen molar-refractivity contribution in [1.29, 1.82) is 0 Å². The van der Waals surface area contributed by atoms with Crippen LogP contribution in [-0.4, -0.2) is 28.4 Å². The fraction of sp³-hybridized carbons (Fsp3) is 0.538. The summed E-state index contributed by atoms with van der Waals surface area (Å²) in [7, 11) is 0. The molecule has 1 saturated heterocycles. The third kappa shape index (κ3) is 2.30. The minimum Gasteiger partial charge on any atom is -0.383 e. The highest BCUT2D eigenvalue weighted by molar-refractivity contribution is 5.98. The van der Waals surface area contributed by atoms with Crippen LogP contribution in [0.3, 0.4) is 0 Å². The quantitative estimate of drug-likeness (QED) is 0.831. The summed E-state index contributed by atoms with van der Waals surface area (Å²) in [6, 6.07) is 1.31. The third-order valence-corrected chi connectivity index (χ3v) is 3.75. The van der Waals surface area contributed by atoms with Crippen LogP contribution in [0.25, 0.3) is 0 Å². The van der Waals surface area contributed by atoms with E-state index in [2.05, 4.69) is 11.9 Å². The summed E-state index contributed by atoms with van der Waals surface area (Å²) in [6.45, 7) is 4.84. The predicted octanol–water partition coefficient (Wildman–Crippen LogP) is 2.06. The van der Waals surface area contributed by atoms with Gasteiger partial charge in [-0.25, -0.2) is 9.37 Å². The van der Waals surface area contributed by atoms with Crippen LogP contribution in [0.4, 0.5) is 10.2 Å². The van der Waals surface area contributed by atoms with Crippen LogP contribution in [0, 0.1) is 11.7 Å². The van der Waals surface area contributed by atoms with Gasteiger partial charge in [-0.05, 0) is 31.7 Å². The molecule has 0 saturated carbocycles. The molecule has 0 radical (unpaired) electrons. The highest BCUT2D eigenvalue weighted by atomic mass is 19.1. The van der Waals surface area contributed by atoms with Gasteiger partial charge in [-0.3, -0.25) is 4.79 Å².